The quantitative estimate of drug-likeness (QED) is 0.318. The highest BCUT2D eigenvalue weighted by atomic mass is 32.3. The molecule has 18 heavy (non-hydrogen) atoms. The first kappa shape index (κ1) is 15.8. The Bertz CT molecular complexity index is 416. The van der Waals surface area contributed by atoms with Gasteiger partial charge < -0.3 is 9.04 Å². The molecule has 0 spiro atoms. The molecule has 1 saturated heterocycles. The lowest BCUT2D eigenvalue weighted by molar-refractivity contribution is -0.936. The van der Waals surface area contributed by atoms with Gasteiger partial charge in [-0.2, -0.15) is 0 Å². The molecule has 108 valence electrons. The van der Waals surface area contributed by atoms with Crippen molar-refractivity contribution in [3.8, 4) is 0 Å². The summed E-state index contributed by atoms with van der Waals surface area (Å²) in [4.78, 5) is 5.54. The number of rotatable bonds is 4. The highest BCUT2D eigenvalue weighted by Crippen LogP contribution is 2.33. The molecule has 0 aromatic carbocycles. The van der Waals surface area contributed by atoms with Gasteiger partial charge in [-0.15, -0.1) is 5.06 Å². The Morgan fingerprint density at radius 3 is 2.17 bits per heavy atom. The standard InChI is InChI=1S/C10H22N2O5S/c1-9(2)11(7-8-12(9,5)6)16-10(3,4)17-18(13,14)15/h7-8H2,1-6H3. The van der Waals surface area contributed by atoms with Crippen LogP contribution in [0.4, 0.5) is 0 Å². The van der Waals surface area contributed by atoms with Crippen molar-refractivity contribution in [1.29, 1.82) is 0 Å². The van der Waals surface area contributed by atoms with Gasteiger partial charge in [0.1, 0.15) is 0 Å². The van der Waals surface area contributed by atoms with Crippen molar-refractivity contribution < 1.29 is 26.5 Å². The van der Waals surface area contributed by atoms with E-state index in [2.05, 4.69) is 18.3 Å². The van der Waals surface area contributed by atoms with Crippen LogP contribution in [0.15, 0.2) is 0 Å². The zero-order valence-electron chi connectivity index (χ0n) is 11.8. The highest BCUT2D eigenvalue weighted by Gasteiger charge is 2.51. The van der Waals surface area contributed by atoms with Crippen molar-refractivity contribution in [3.63, 3.8) is 0 Å². The van der Waals surface area contributed by atoms with Gasteiger partial charge in [0.25, 0.3) is 0 Å². The fourth-order valence-electron chi connectivity index (χ4n) is 1.87. The zero-order valence-corrected chi connectivity index (χ0v) is 12.6. The van der Waals surface area contributed by atoms with Gasteiger partial charge in [0.05, 0.1) is 27.2 Å². The van der Waals surface area contributed by atoms with Crippen LogP contribution in [0.1, 0.15) is 27.7 Å². The lowest BCUT2D eigenvalue weighted by atomic mass is 10.2. The molecule has 0 N–H and O–H groups in total. The van der Waals surface area contributed by atoms with Gasteiger partial charge in [-0.25, -0.2) is 12.6 Å². The molecule has 0 saturated carbocycles. The van der Waals surface area contributed by atoms with Gasteiger partial charge in [0, 0.05) is 13.8 Å². The van der Waals surface area contributed by atoms with E-state index in [1.165, 1.54) is 13.8 Å². The predicted molar refractivity (Wildman–Crippen MR) is 63.7 cm³/mol. The third-order valence-electron chi connectivity index (χ3n) is 3.59. The second-order valence-corrected chi connectivity index (χ2v) is 6.97. The topological polar surface area (TPSA) is 78.9 Å². The summed E-state index contributed by atoms with van der Waals surface area (Å²) in [5.41, 5.74) is -0.340. The van der Waals surface area contributed by atoms with Crippen molar-refractivity contribution in [1.82, 2.24) is 5.06 Å². The van der Waals surface area contributed by atoms with Crippen LogP contribution in [0, 0.1) is 0 Å². The molecule has 0 aromatic heterocycles. The minimum Gasteiger partial charge on any atom is -0.725 e. The maximum absolute atomic E-state index is 10.6. The monoisotopic (exact) mass is 282 g/mol. The van der Waals surface area contributed by atoms with Gasteiger partial charge in [0.2, 0.25) is 10.4 Å². The molecule has 0 radical (unpaired) electrons. The van der Waals surface area contributed by atoms with Gasteiger partial charge >= 0.3 is 0 Å². The number of likely N-dealkylation sites (N-methyl/N-ethyl adjacent to an activating group) is 1. The number of quaternary nitrogens is 1. The largest absolute Gasteiger partial charge is 0.725 e. The second kappa shape index (κ2) is 4.39. The molecule has 0 bridgehead atoms. The summed E-state index contributed by atoms with van der Waals surface area (Å²) >= 11 is 0. The number of hydrogen-bond acceptors (Lipinski definition) is 6. The first-order valence-electron chi connectivity index (χ1n) is 5.73. The third-order valence-corrected chi connectivity index (χ3v) is 4.19. The van der Waals surface area contributed by atoms with Crippen molar-refractivity contribution in [2.24, 2.45) is 0 Å². The number of nitrogens with zero attached hydrogens (tertiary/aromatic N) is 2. The summed E-state index contributed by atoms with van der Waals surface area (Å²) < 4.78 is 37.0. The third kappa shape index (κ3) is 3.40. The van der Waals surface area contributed by atoms with E-state index in [4.69, 9.17) is 4.84 Å². The molecular weight excluding hydrogens is 260 g/mol. The zero-order chi connectivity index (χ0) is 14.4. The fraction of sp³-hybridized carbons (Fsp3) is 1.00. The molecule has 0 aliphatic carbocycles. The van der Waals surface area contributed by atoms with Crippen LogP contribution in [-0.2, 0) is 19.4 Å². The van der Waals surface area contributed by atoms with Gasteiger partial charge in [-0.3, -0.25) is 4.84 Å². The van der Waals surface area contributed by atoms with Crippen LogP contribution in [-0.4, -0.2) is 61.2 Å². The van der Waals surface area contributed by atoms with Crippen molar-refractivity contribution >= 4 is 10.4 Å². The Balaban J connectivity index is 2.81. The molecule has 1 rings (SSSR count). The lowest BCUT2D eigenvalue weighted by Gasteiger charge is -2.42. The summed E-state index contributed by atoms with van der Waals surface area (Å²) in [6.45, 7) is 8.26. The average molecular weight is 282 g/mol. The molecular formula is C10H22N2O5S. The van der Waals surface area contributed by atoms with Crippen LogP contribution in [0.25, 0.3) is 0 Å². The molecule has 8 heteroatoms. The molecule has 1 heterocycles. The summed E-state index contributed by atoms with van der Waals surface area (Å²) in [7, 11) is -0.682. The summed E-state index contributed by atoms with van der Waals surface area (Å²) in [5, 5.41) is 1.66. The molecule has 1 aliphatic rings. The molecule has 0 amide bonds. The maximum Gasteiger partial charge on any atom is 0.220 e. The normalized spacial score (nSPS) is 24.4. The fourth-order valence-corrected chi connectivity index (χ4v) is 2.40. The van der Waals surface area contributed by atoms with Gasteiger partial charge in [-0.05, 0) is 13.8 Å². The Morgan fingerprint density at radius 2 is 1.83 bits per heavy atom. The van der Waals surface area contributed by atoms with E-state index in [9.17, 15) is 13.0 Å². The molecule has 0 atom stereocenters. The smallest absolute Gasteiger partial charge is 0.220 e. The Hall–Kier alpha value is -0.250. The lowest BCUT2D eigenvalue weighted by Crippen LogP contribution is -2.58. The van der Waals surface area contributed by atoms with Crippen LogP contribution >= 0.6 is 0 Å². The maximum atomic E-state index is 10.6. The first-order chi connectivity index (χ1) is 7.77. The van der Waals surface area contributed by atoms with Crippen molar-refractivity contribution in [2.45, 2.75) is 39.1 Å². The number of hydrogen-bond donors (Lipinski definition) is 0. The number of hydroxylamine groups is 2. The molecule has 1 fully saturated rings. The van der Waals surface area contributed by atoms with E-state index in [0.717, 1.165) is 6.54 Å². The molecule has 0 unspecified atom stereocenters. The van der Waals surface area contributed by atoms with Crippen molar-refractivity contribution in [2.75, 3.05) is 27.2 Å². The Morgan fingerprint density at radius 1 is 1.33 bits per heavy atom. The van der Waals surface area contributed by atoms with E-state index >= 15 is 0 Å². The average Bonchev–Trinajstić information content (AvgIpc) is 2.23. The van der Waals surface area contributed by atoms with Crippen molar-refractivity contribution in [3.05, 3.63) is 0 Å². The van der Waals surface area contributed by atoms with Crippen LogP contribution in [0.5, 0.6) is 0 Å². The van der Waals surface area contributed by atoms with Crippen LogP contribution in [0.3, 0.4) is 0 Å². The van der Waals surface area contributed by atoms with E-state index in [-0.39, 0.29) is 5.66 Å². The molecule has 1 aliphatic heterocycles. The van der Waals surface area contributed by atoms with E-state index in [1.807, 2.05) is 13.8 Å². The van der Waals surface area contributed by atoms with E-state index in [0.29, 0.717) is 11.0 Å². The van der Waals surface area contributed by atoms with E-state index < -0.39 is 16.2 Å². The highest BCUT2D eigenvalue weighted by molar-refractivity contribution is 7.80. The molecule has 0 aromatic rings. The van der Waals surface area contributed by atoms with Crippen LogP contribution in [0.2, 0.25) is 0 Å². The summed E-state index contributed by atoms with van der Waals surface area (Å²) in [5.74, 6) is -1.51. The van der Waals surface area contributed by atoms with Crippen LogP contribution < -0.4 is 0 Å². The minimum absolute atomic E-state index is 0.340. The summed E-state index contributed by atoms with van der Waals surface area (Å²) in [6.07, 6.45) is 0. The Kier molecular flexibility index (Phi) is 3.86. The molecule has 7 nitrogen and oxygen atoms in total. The van der Waals surface area contributed by atoms with E-state index in [1.54, 1.807) is 5.06 Å². The summed E-state index contributed by atoms with van der Waals surface area (Å²) in [6, 6.07) is 0. The van der Waals surface area contributed by atoms with Gasteiger partial charge in [0.15, 0.2) is 11.4 Å². The first-order valence-corrected chi connectivity index (χ1v) is 7.06. The predicted octanol–water partition coefficient (Wildman–Crippen LogP) is 0.259. The SMILES string of the molecule is CC(C)(ON1CC[N+](C)(C)C1(C)C)OS(=O)(=O)[O-]. The van der Waals surface area contributed by atoms with Gasteiger partial charge in [-0.1, -0.05) is 0 Å². The Labute approximate surface area is 109 Å². The second-order valence-electron chi connectivity index (χ2n) is 5.99. The minimum atomic E-state index is -4.80.